The van der Waals surface area contributed by atoms with Crippen LogP contribution in [0.15, 0.2) is 24.3 Å². The van der Waals surface area contributed by atoms with Crippen LogP contribution < -0.4 is 11.1 Å². The van der Waals surface area contributed by atoms with E-state index < -0.39 is 6.04 Å². The number of Topliss-reactive ketones (excluding diaryl/α,β-unsaturated/α-hetero) is 1. The second kappa shape index (κ2) is 4.45. The number of nitrogens with two attached hydrogens (primary N) is 1. The average molecular weight is 218 g/mol. The molecule has 0 bridgehead atoms. The van der Waals surface area contributed by atoms with Crippen molar-refractivity contribution in [3.8, 4) is 0 Å². The molecule has 1 aliphatic rings. The van der Waals surface area contributed by atoms with E-state index in [9.17, 15) is 9.59 Å². The third-order valence-electron chi connectivity index (χ3n) is 2.76. The van der Waals surface area contributed by atoms with Gasteiger partial charge in [-0.05, 0) is 25.5 Å². The third-order valence-corrected chi connectivity index (χ3v) is 2.76. The van der Waals surface area contributed by atoms with E-state index in [1.807, 2.05) is 0 Å². The molecule has 0 radical (unpaired) electrons. The Bertz CT molecular complexity index is 429. The maximum atomic E-state index is 12.0. The molecule has 2 rings (SSSR count). The summed E-state index contributed by atoms with van der Waals surface area (Å²) in [7, 11) is 0. The molecular formula is C12H14N2O2. The molecule has 0 aliphatic carbocycles. The highest BCUT2D eigenvalue weighted by Gasteiger charge is 2.30. The van der Waals surface area contributed by atoms with Crippen molar-refractivity contribution in [2.45, 2.75) is 18.9 Å². The van der Waals surface area contributed by atoms with Crippen LogP contribution in [0.3, 0.4) is 0 Å². The van der Waals surface area contributed by atoms with Gasteiger partial charge < -0.3 is 11.1 Å². The first kappa shape index (κ1) is 10.8. The van der Waals surface area contributed by atoms with E-state index in [2.05, 4.69) is 5.32 Å². The van der Waals surface area contributed by atoms with E-state index >= 15 is 0 Å². The van der Waals surface area contributed by atoms with Gasteiger partial charge in [0.05, 0.1) is 11.6 Å². The van der Waals surface area contributed by atoms with Crippen LogP contribution in [0.25, 0.3) is 0 Å². The summed E-state index contributed by atoms with van der Waals surface area (Å²) in [4.78, 5) is 23.7. The maximum absolute atomic E-state index is 12.0. The predicted molar refractivity (Wildman–Crippen MR) is 60.3 cm³/mol. The number of amides is 1. The summed E-state index contributed by atoms with van der Waals surface area (Å²) >= 11 is 0. The van der Waals surface area contributed by atoms with Crippen molar-refractivity contribution in [1.29, 1.82) is 0 Å². The second-order valence-electron chi connectivity index (χ2n) is 3.87. The lowest BCUT2D eigenvalue weighted by molar-refractivity contribution is 0.0822. The Morgan fingerprint density at radius 3 is 2.56 bits per heavy atom. The highest BCUT2D eigenvalue weighted by molar-refractivity contribution is 6.15. The molecule has 1 aromatic carbocycles. The van der Waals surface area contributed by atoms with E-state index in [0.717, 1.165) is 6.42 Å². The van der Waals surface area contributed by atoms with E-state index in [1.54, 1.807) is 24.3 Å². The van der Waals surface area contributed by atoms with E-state index in [4.69, 9.17) is 5.73 Å². The van der Waals surface area contributed by atoms with Crippen molar-refractivity contribution in [3.05, 3.63) is 35.4 Å². The van der Waals surface area contributed by atoms with Crippen molar-refractivity contribution < 1.29 is 9.59 Å². The summed E-state index contributed by atoms with van der Waals surface area (Å²) in [5, 5.41) is 2.71. The summed E-state index contributed by atoms with van der Waals surface area (Å²) in [6, 6.07) is 6.49. The fourth-order valence-electron chi connectivity index (χ4n) is 1.91. The molecule has 4 nitrogen and oxygen atoms in total. The molecule has 0 saturated carbocycles. The highest BCUT2D eigenvalue weighted by atomic mass is 16.2. The Labute approximate surface area is 93.8 Å². The van der Waals surface area contributed by atoms with E-state index in [-0.39, 0.29) is 11.7 Å². The van der Waals surface area contributed by atoms with Crippen molar-refractivity contribution in [1.82, 2.24) is 5.32 Å². The van der Waals surface area contributed by atoms with Crippen LogP contribution >= 0.6 is 0 Å². The number of fused-ring (bicyclic) bond motifs is 1. The van der Waals surface area contributed by atoms with Crippen molar-refractivity contribution >= 4 is 11.7 Å². The van der Waals surface area contributed by atoms with E-state index in [0.29, 0.717) is 24.1 Å². The average Bonchev–Trinajstić information content (AvgIpc) is 2.32. The van der Waals surface area contributed by atoms with Crippen molar-refractivity contribution in [2.24, 2.45) is 5.73 Å². The van der Waals surface area contributed by atoms with Crippen LogP contribution in [-0.2, 0) is 0 Å². The van der Waals surface area contributed by atoms with Crippen LogP contribution in [0, 0.1) is 0 Å². The summed E-state index contributed by atoms with van der Waals surface area (Å²) in [5.41, 5.74) is 6.39. The zero-order chi connectivity index (χ0) is 11.5. The molecule has 16 heavy (non-hydrogen) atoms. The molecule has 1 aromatic rings. The number of nitrogens with one attached hydrogen (secondary N) is 1. The molecule has 0 aromatic heterocycles. The number of carbonyl (C=O) groups excluding carboxylic acids is 2. The Kier molecular flexibility index (Phi) is 3.01. The minimum absolute atomic E-state index is 0.0105. The van der Waals surface area contributed by atoms with Gasteiger partial charge in [-0.15, -0.1) is 0 Å². The molecule has 84 valence electrons. The molecule has 1 amide bonds. The summed E-state index contributed by atoms with van der Waals surface area (Å²) in [6.45, 7) is 0.529. The number of ketones is 1. The lowest BCUT2D eigenvalue weighted by Crippen LogP contribution is -2.46. The normalized spacial score (nSPS) is 19.2. The Morgan fingerprint density at radius 1 is 1.19 bits per heavy atom. The van der Waals surface area contributed by atoms with Gasteiger partial charge in [0.1, 0.15) is 0 Å². The first-order chi connectivity index (χ1) is 7.74. The molecule has 1 aliphatic heterocycles. The number of hydrogen-bond acceptors (Lipinski definition) is 3. The summed E-state index contributed by atoms with van der Waals surface area (Å²) in [5.74, 6) is -0.180. The molecule has 0 spiro atoms. The van der Waals surface area contributed by atoms with Crippen LogP contribution in [0.5, 0.6) is 0 Å². The molecular weight excluding hydrogens is 204 g/mol. The lowest BCUT2D eigenvalue weighted by Gasteiger charge is -2.24. The monoisotopic (exact) mass is 218 g/mol. The van der Waals surface area contributed by atoms with Gasteiger partial charge in [-0.2, -0.15) is 0 Å². The van der Waals surface area contributed by atoms with Crippen LogP contribution in [-0.4, -0.2) is 24.3 Å². The quantitative estimate of drug-likeness (QED) is 0.785. The lowest BCUT2D eigenvalue weighted by atomic mass is 9.92. The predicted octanol–water partition coefficient (Wildman–Crippen LogP) is 0.720. The smallest absolute Gasteiger partial charge is 0.252 e. The minimum atomic E-state index is -0.411. The van der Waals surface area contributed by atoms with Crippen LogP contribution in [0.1, 0.15) is 33.6 Å². The number of rotatable bonds is 3. The Hall–Kier alpha value is -1.68. The highest BCUT2D eigenvalue weighted by Crippen LogP contribution is 2.18. The number of carbonyl (C=O) groups is 2. The summed E-state index contributed by atoms with van der Waals surface area (Å²) in [6.07, 6.45) is 1.34. The fourth-order valence-corrected chi connectivity index (χ4v) is 1.91. The second-order valence-corrected chi connectivity index (χ2v) is 3.87. The van der Waals surface area contributed by atoms with Gasteiger partial charge in [-0.25, -0.2) is 0 Å². The first-order valence-electron chi connectivity index (χ1n) is 5.38. The zero-order valence-electron chi connectivity index (χ0n) is 8.90. The van der Waals surface area contributed by atoms with Gasteiger partial charge in [-0.1, -0.05) is 18.2 Å². The van der Waals surface area contributed by atoms with E-state index in [1.165, 1.54) is 0 Å². The zero-order valence-corrected chi connectivity index (χ0v) is 8.90. The minimum Gasteiger partial charge on any atom is -0.342 e. The molecule has 0 fully saturated rings. The van der Waals surface area contributed by atoms with Gasteiger partial charge in [0.15, 0.2) is 5.78 Å². The topological polar surface area (TPSA) is 72.2 Å². The van der Waals surface area contributed by atoms with Gasteiger partial charge >= 0.3 is 0 Å². The molecule has 1 atom stereocenters. The standard InChI is InChI=1S/C12H14N2O2/c13-7-3-6-10-11(15)8-4-1-2-5-9(8)12(16)14-10/h1-2,4-5,10H,3,6-7,13H2,(H,14,16)/t10-/m0/s1. The largest absolute Gasteiger partial charge is 0.342 e. The van der Waals surface area contributed by atoms with Crippen molar-refractivity contribution in [2.75, 3.05) is 6.54 Å². The molecule has 4 heteroatoms. The van der Waals surface area contributed by atoms with Gasteiger partial charge in [0, 0.05) is 5.56 Å². The molecule has 0 unspecified atom stereocenters. The van der Waals surface area contributed by atoms with Gasteiger partial charge in [0.25, 0.3) is 5.91 Å². The Balaban J connectivity index is 2.27. The van der Waals surface area contributed by atoms with Crippen LogP contribution in [0.4, 0.5) is 0 Å². The fraction of sp³-hybridized carbons (Fsp3) is 0.333. The van der Waals surface area contributed by atoms with Crippen LogP contribution in [0.2, 0.25) is 0 Å². The summed E-state index contributed by atoms with van der Waals surface area (Å²) < 4.78 is 0. The third kappa shape index (κ3) is 1.84. The number of hydrogen-bond donors (Lipinski definition) is 2. The van der Waals surface area contributed by atoms with Gasteiger partial charge in [-0.3, -0.25) is 9.59 Å². The van der Waals surface area contributed by atoms with Gasteiger partial charge in [0.2, 0.25) is 0 Å². The molecule has 0 saturated heterocycles. The first-order valence-corrected chi connectivity index (χ1v) is 5.38. The number of benzene rings is 1. The Morgan fingerprint density at radius 2 is 1.88 bits per heavy atom. The van der Waals surface area contributed by atoms with Crippen molar-refractivity contribution in [3.63, 3.8) is 0 Å². The maximum Gasteiger partial charge on any atom is 0.252 e. The SMILES string of the molecule is NCCC[C@@H]1NC(=O)c2ccccc2C1=O. The molecule has 1 heterocycles. The molecule has 3 N–H and O–H groups in total.